The third-order valence-electron chi connectivity index (χ3n) is 4.18. The van der Waals surface area contributed by atoms with E-state index in [1.807, 2.05) is 60.1 Å². The van der Waals surface area contributed by atoms with E-state index in [9.17, 15) is 4.79 Å². The van der Waals surface area contributed by atoms with Crippen molar-refractivity contribution in [2.24, 2.45) is 0 Å². The minimum absolute atomic E-state index is 0.00677. The molecule has 6 nitrogen and oxygen atoms in total. The van der Waals surface area contributed by atoms with Crippen molar-refractivity contribution < 1.29 is 14.3 Å². The fraction of sp³-hybridized carbons (Fsp3) is 0.333. The fourth-order valence-electron chi connectivity index (χ4n) is 2.81. The topological polar surface area (TPSA) is 64.9 Å². The second kappa shape index (κ2) is 9.07. The lowest BCUT2D eigenvalue weighted by molar-refractivity contribution is -0.123. The average molecular weight is 367 g/mol. The van der Waals surface area contributed by atoms with Crippen molar-refractivity contribution in [3.8, 4) is 11.5 Å². The number of hydrogen-bond acceptors (Lipinski definition) is 4. The van der Waals surface area contributed by atoms with Gasteiger partial charge in [-0.25, -0.2) is 4.98 Å². The molecule has 3 aromatic rings. The molecule has 0 fully saturated rings. The summed E-state index contributed by atoms with van der Waals surface area (Å²) in [4.78, 5) is 16.6. The largest absolute Gasteiger partial charge is 0.490 e. The van der Waals surface area contributed by atoms with Crippen LogP contribution in [0.3, 0.4) is 0 Å². The van der Waals surface area contributed by atoms with E-state index >= 15 is 0 Å². The van der Waals surface area contributed by atoms with E-state index in [2.05, 4.69) is 17.2 Å². The molecule has 1 amide bonds. The molecule has 1 aromatic carbocycles. The molecule has 0 unspecified atom stereocenters. The lowest BCUT2D eigenvalue weighted by Crippen LogP contribution is -2.30. The molecule has 2 heterocycles. The van der Waals surface area contributed by atoms with E-state index in [1.54, 1.807) is 0 Å². The Morgan fingerprint density at radius 3 is 2.89 bits per heavy atom. The van der Waals surface area contributed by atoms with Crippen LogP contribution in [0.5, 0.6) is 11.5 Å². The third-order valence-corrected chi connectivity index (χ3v) is 4.18. The molecule has 0 atom stereocenters. The molecular weight excluding hydrogens is 342 g/mol. The van der Waals surface area contributed by atoms with E-state index < -0.39 is 0 Å². The Labute approximate surface area is 159 Å². The van der Waals surface area contributed by atoms with Gasteiger partial charge >= 0.3 is 0 Å². The SMILES string of the molecule is CCOc1cccn2cc(CCNC(=O)COc3cccc(CC)c3)nc12. The number of benzene rings is 1. The van der Waals surface area contributed by atoms with Gasteiger partial charge in [-0.05, 0) is 43.2 Å². The quantitative estimate of drug-likeness (QED) is 0.631. The predicted octanol–water partition coefficient (Wildman–Crippen LogP) is 3.03. The first-order chi connectivity index (χ1) is 13.2. The average Bonchev–Trinajstić information content (AvgIpc) is 3.11. The number of amides is 1. The Bertz CT molecular complexity index is 905. The van der Waals surface area contributed by atoms with Gasteiger partial charge in [0.15, 0.2) is 18.0 Å². The van der Waals surface area contributed by atoms with Gasteiger partial charge in [0.1, 0.15) is 5.75 Å². The molecule has 0 radical (unpaired) electrons. The molecule has 0 bridgehead atoms. The van der Waals surface area contributed by atoms with E-state index in [0.717, 1.165) is 23.5 Å². The van der Waals surface area contributed by atoms with Crippen LogP contribution in [0.15, 0.2) is 48.8 Å². The predicted molar refractivity (Wildman–Crippen MR) is 104 cm³/mol. The number of rotatable bonds is 9. The Morgan fingerprint density at radius 2 is 2.07 bits per heavy atom. The van der Waals surface area contributed by atoms with Gasteiger partial charge in [0, 0.05) is 25.4 Å². The number of carbonyl (C=O) groups is 1. The molecule has 1 N–H and O–H groups in total. The first kappa shape index (κ1) is 18.8. The van der Waals surface area contributed by atoms with Gasteiger partial charge in [-0.1, -0.05) is 19.1 Å². The molecule has 0 spiro atoms. The lowest BCUT2D eigenvalue weighted by atomic mass is 10.2. The number of hydrogen-bond donors (Lipinski definition) is 1. The van der Waals surface area contributed by atoms with E-state index in [1.165, 1.54) is 5.56 Å². The molecule has 6 heteroatoms. The van der Waals surface area contributed by atoms with Crippen molar-refractivity contribution in [3.05, 3.63) is 60.0 Å². The number of fused-ring (bicyclic) bond motifs is 1. The van der Waals surface area contributed by atoms with Crippen molar-refractivity contribution >= 4 is 11.6 Å². The van der Waals surface area contributed by atoms with Crippen molar-refractivity contribution in [2.75, 3.05) is 19.8 Å². The summed E-state index contributed by atoms with van der Waals surface area (Å²) in [7, 11) is 0. The summed E-state index contributed by atoms with van der Waals surface area (Å²) in [5.74, 6) is 1.34. The van der Waals surface area contributed by atoms with Gasteiger partial charge < -0.3 is 19.2 Å². The van der Waals surface area contributed by atoms with Crippen molar-refractivity contribution in [1.82, 2.24) is 14.7 Å². The molecule has 0 aliphatic heterocycles. The second-order valence-corrected chi connectivity index (χ2v) is 6.16. The summed E-state index contributed by atoms with van der Waals surface area (Å²) >= 11 is 0. The number of ether oxygens (including phenoxy) is 2. The van der Waals surface area contributed by atoms with Gasteiger partial charge in [-0.15, -0.1) is 0 Å². The summed E-state index contributed by atoms with van der Waals surface area (Å²) in [6, 6.07) is 11.6. The maximum atomic E-state index is 12.0. The monoisotopic (exact) mass is 367 g/mol. The summed E-state index contributed by atoms with van der Waals surface area (Å²) in [6.45, 7) is 5.14. The highest BCUT2D eigenvalue weighted by molar-refractivity contribution is 5.77. The normalized spacial score (nSPS) is 10.7. The second-order valence-electron chi connectivity index (χ2n) is 6.16. The van der Waals surface area contributed by atoms with Gasteiger partial charge in [-0.2, -0.15) is 0 Å². The van der Waals surface area contributed by atoms with Crippen LogP contribution in [-0.4, -0.2) is 35.1 Å². The maximum absolute atomic E-state index is 12.0. The molecule has 142 valence electrons. The molecule has 3 rings (SSSR count). The summed E-state index contributed by atoms with van der Waals surface area (Å²) < 4.78 is 13.1. The standard InChI is InChI=1S/C21H25N3O3/c1-3-16-7-5-8-18(13-16)27-15-20(25)22-11-10-17-14-24-12-6-9-19(26-4-2)21(24)23-17/h5-9,12-14H,3-4,10-11,15H2,1-2H3,(H,22,25). The number of imidazole rings is 1. The Balaban J connectivity index is 1.48. The van der Waals surface area contributed by atoms with Crippen LogP contribution in [-0.2, 0) is 17.6 Å². The van der Waals surface area contributed by atoms with E-state index in [0.29, 0.717) is 25.3 Å². The first-order valence-electron chi connectivity index (χ1n) is 9.27. The van der Waals surface area contributed by atoms with Crippen LogP contribution < -0.4 is 14.8 Å². The molecule has 0 saturated heterocycles. The number of aromatic nitrogens is 2. The molecule has 2 aromatic heterocycles. The van der Waals surface area contributed by atoms with Crippen LogP contribution in [0.2, 0.25) is 0 Å². The minimum Gasteiger partial charge on any atom is -0.490 e. The van der Waals surface area contributed by atoms with Gasteiger partial charge in [0.25, 0.3) is 5.91 Å². The van der Waals surface area contributed by atoms with Crippen LogP contribution in [0.1, 0.15) is 25.1 Å². The smallest absolute Gasteiger partial charge is 0.257 e. The molecule has 0 aliphatic rings. The number of nitrogens with one attached hydrogen (secondary N) is 1. The zero-order valence-electron chi connectivity index (χ0n) is 15.8. The molecule has 0 saturated carbocycles. The minimum atomic E-state index is -0.143. The van der Waals surface area contributed by atoms with Gasteiger partial charge in [0.05, 0.1) is 12.3 Å². The molecular formula is C21H25N3O3. The highest BCUT2D eigenvalue weighted by atomic mass is 16.5. The Kier molecular flexibility index (Phi) is 6.30. The third kappa shape index (κ3) is 5.00. The summed E-state index contributed by atoms with van der Waals surface area (Å²) in [5.41, 5.74) is 2.88. The van der Waals surface area contributed by atoms with Crippen LogP contribution in [0.25, 0.3) is 5.65 Å². The summed E-state index contributed by atoms with van der Waals surface area (Å²) in [5, 5.41) is 2.87. The zero-order chi connectivity index (χ0) is 19.1. The molecule has 27 heavy (non-hydrogen) atoms. The van der Waals surface area contributed by atoms with Crippen molar-refractivity contribution in [3.63, 3.8) is 0 Å². The fourth-order valence-corrected chi connectivity index (χ4v) is 2.81. The van der Waals surface area contributed by atoms with Crippen LogP contribution in [0.4, 0.5) is 0 Å². The number of nitrogens with zero attached hydrogens (tertiary/aromatic N) is 2. The molecule has 0 aliphatic carbocycles. The van der Waals surface area contributed by atoms with Crippen LogP contribution >= 0.6 is 0 Å². The Morgan fingerprint density at radius 1 is 1.19 bits per heavy atom. The van der Waals surface area contributed by atoms with Crippen molar-refractivity contribution in [2.45, 2.75) is 26.7 Å². The van der Waals surface area contributed by atoms with Gasteiger partial charge in [0.2, 0.25) is 0 Å². The van der Waals surface area contributed by atoms with E-state index in [-0.39, 0.29) is 12.5 Å². The lowest BCUT2D eigenvalue weighted by Gasteiger charge is -2.08. The summed E-state index contributed by atoms with van der Waals surface area (Å²) in [6.07, 6.45) is 5.47. The van der Waals surface area contributed by atoms with E-state index in [4.69, 9.17) is 9.47 Å². The van der Waals surface area contributed by atoms with Crippen LogP contribution in [0, 0.1) is 0 Å². The number of carbonyl (C=O) groups excluding carboxylic acids is 1. The van der Waals surface area contributed by atoms with Gasteiger partial charge in [-0.3, -0.25) is 4.79 Å². The maximum Gasteiger partial charge on any atom is 0.257 e. The number of pyridine rings is 1. The first-order valence-corrected chi connectivity index (χ1v) is 9.27. The highest BCUT2D eigenvalue weighted by Crippen LogP contribution is 2.19. The number of aryl methyl sites for hydroxylation is 1. The zero-order valence-corrected chi connectivity index (χ0v) is 15.8. The van der Waals surface area contributed by atoms with Crippen molar-refractivity contribution in [1.29, 1.82) is 0 Å². The Hall–Kier alpha value is -3.02. The highest BCUT2D eigenvalue weighted by Gasteiger charge is 2.08.